The van der Waals surface area contributed by atoms with Crippen molar-refractivity contribution in [1.29, 1.82) is 0 Å². The minimum Gasteiger partial charge on any atom is -0.364 e. The van der Waals surface area contributed by atoms with Crippen LogP contribution in [0.25, 0.3) is 0 Å². The van der Waals surface area contributed by atoms with Gasteiger partial charge in [-0.3, -0.25) is 14.9 Å². The number of rotatable bonds is 6. The number of nitrogens with one attached hydrogen (secondary N) is 3. The smallest absolute Gasteiger partial charge is 0.353 e. The Labute approximate surface area is 121 Å². The van der Waals surface area contributed by atoms with Crippen LogP contribution in [0.2, 0.25) is 0 Å². The van der Waals surface area contributed by atoms with Crippen LogP contribution in [0.5, 0.6) is 0 Å². The Hall–Kier alpha value is -2.45. The summed E-state index contributed by atoms with van der Waals surface area (Å²) in [6, 6.07) is -0.0738. The van der Waals surface area contributed by atoms with E-state index < -0.39 is 4.92 Å². The molecule has 1 saturated heterocycles. The number of amides is 1. The quantitative estimate of drug-likeness (QED) is 0.526. The summed E-state index contributed by atoms with van der Waals surface area (Å²) in [6.45, 7) is 2.98. The zero-order valence-electron chi connectivity index (χ0n) is 11.8. The number of nitrogens with zero attached hydrogens (tertiary/aromatic N) is 3. The van der Waals surface area contributed by atoms with Gasteiger partial charge in [0.05, 0.1) is 4.92 Å². The first-order chi connectivity index (χ1) is 10.1. The predicted molar refractivity (Wildman–Crippen MR) is 77.1 cm³/mol. The molecule has 1 atom stereocenters. The molecule has 0 radical (unpaired) electrons. The molecule has 0 spiro atoms. The number of piperidine rings is 1. The normalized spacial score (nSPS) is 18.0. The monoisotopic (exact) mass is 294 g/mol. The average molecular weight is 294 g/mol. The lowest BCUT2D eigenvalue weighted by atomic mass is 10.1. The third-order valence-electron chi connectivity index (χ3n) is 3.15. The van der Waals surface area contributed by atoms with E-state index in [9.17, 15) is 14.9 Å². The van der Waals surface area contributed by atoms with E-state index in [0.717, 1.165) is 6.42 Å². The zero-order chi connectivity index (χ0) is 15.2. The van der Waals surface area contributed by atoms with Crippen LogP contribution in [0, 0.1) is 10.1 Å². The van der Waals surface area contributed by atoms with Gasteiger partial charge in [0, 0.05) is 25.6 Å². The van der Waals surface area contributed by atoms with Gasteiger partial charge in [0.2, 0.25) is 17.5 Å². The van der Waals surface area contributed by atoms with Crippen molar-refractivity contribution in [3.8, 4) is 0 Å². The topological polar surface area (TPSA) is 122 Å². The summed E-state index contributed by atoms with van der Waals surface area (Å²) in [4.78, 5) is 29.8. The molecule has 1 unspecified atom stereocenters. The second-order valence-electron chi connectivity index (χ2n) is 4.79. The van der Waals surface area contributed by atoms with Gasteiger partial charge in [-0.05, 0) is 12.8 Å². The largest absolute Gasteiger partial charge is 0.364 e. The van der Waals surface area contributed by atoms with Crippen LogP contribution in [0.15, 0.2) is 6.33 Å². The number of carbonyl (C=O) groups is 1. The maximum absolute atomic E-state index is 11.3. The molecule has 0 aliphatic carbocycles. The fraction of sp³-hybridized carbons (Fsp3) is 0.583. The highest BCUT2D eigenvalue weighted by molar-refractivity contribution is 5.77. The minimum atomic E-state index is -0.498. The number of aromatic nitrogens is 2. The molecule has 114 valence electrons. The molecule has 0 bridgehead atoms. The highest BCUT2D eigenvalue weighted by atomic mass is 16.6. The molecule has 1 amide bonds. The van der Waals surface area contributed by atoms with E-state index in [2.05, 4.69) is 25.9 Å². The van der Waals surface area contributed by atoms with Crippen LogP contribution in [0.4, 0.5) is 17.3 Å². The lowest BCUT2D eigenvalue weighted by Gasteiger charge is -2.23. The Kier molecular flexibility index (Phi) is 4.85. The molecule has 1 aromatic rings. The maximum atomic E-state index is 11.3. The van der Waals surface area contributed by atoms with E-state index in [4.69, 9.17) is 0 Å². The van der Waals surface area contributed by atoms with Gasteiger partial charge >= 0.3 is 5.69 Å². The summed E-state index contributed by atoms with van der Waals surface area (Å²) in [5.41, 5.74) is -0.164. The first-order valence-electron chi connectivity index (χ1n) is 6.88. The third kappa shape index (κ3) is 3.77. The van der Waals surface area contributed by atoms with E-state index in [-0.39, 0.29) is 29.3 Å². The van der Waals surface area contributed by atoms with E-state index in [1.807, 2.05) is 6.92 Å². The van der Waals surface area contributed by atoms with Crippen LogP contribution in [-0.4, -0.2) is 39.9 Å². The molecule has 9 heteroatoms. The summed E-state index contributed by atoms with van der Waals surface area (Å²) in [6.07, 6.45) is 3.13. The molecule has 1 aliphatic heterocycles. The van der Waals surface area contributed by atoms with Gasteiger partial charge in [-0.1, -0.05) is 6.92 Å². The van der Waals surface area contributed by atoms with Gasteiger partial charge in [0.15, 0.2) is 0 Å². The highest BCUT2D eigenvalue weighted by Crippen LogP contribution is 2.29. The summed E-state index contributed by atoms with van der Waals surface area (Å²) < 4.78 is 0. The Morgan fingerprint density at radius 1 is 1.48 bits per heavy atom. The van der Waals surface area contributed by atoms with Crippen LogP contribution in [0.3, 0.4) is 0 Å². The van der Waals surface area contributed by atoms with Crippen molar-refractivity contribution >= 4 is 23.2 Å². The van der Waals surface area contributed by atoms with Gasteiger partial charge in [-0.15, -0.1) is 0 Å². The molecule has 0 aromatic carbocycles. The van der Waals surface area contributed by atoms with Crippen LogP contribution in [-0.2, 0) is 4.79 Å². The van der Waals surface area contributed by atoms with Gasteiger partial charge in [-0.25, -0.2) is 9.97 Å². The first-order valence-corrected chi connectivity index (χ1v) is 6.88. The molecule has 1 aliphatic rings. The second kappa shape index (κ2) is 6.82. The van der Waals surface area contributed by atoms with Crippen molar-refractivity contribution in [3.63, 3.8) is 0 Å². The van der Waals surface area contributed by atoms with Gasteiger partial charge in [0.1, 0.15) is 6.33 Å². The molecule has 9 nitrogen and oxygen atoms in total. The Morgan fingerprint density at radius 3 is 2.86 bits per heavy atom. The fourth-order valence-corrected chi connectivity index (χ4v) is 2.08. The summed E-state index contributed by atoms with van der Waals surface area (Å²) >= 11 is 0. The standard InChI is InChI=1S/C12H18N6O3/c1-2-5-13-11-10(18(20)21)12(16-7-15-11)17-8-3-4-9(19)14-6-8/h7-8H,2-6H2,1H3,(H,14,19)(H2,13,15,16,17). The predicted octanol–water partition coefficient (Wildman–Crippen LogP) is 0.897. The Balaban J connectivity index is 2.17. The van der Waals surface area contributed by atoms with E-state index in [1.54, 1.807) is 0 Å². The summed E-state index contributed by atoms with van der Waals surface area (Å²) in [5, 5.41) is 19.9. The molecule has 1 aromatic heterocycles. The maximum Gasteiger partial charge on any atom is 0.353 e. The van der Waals surface area contributed by atoms with Crippen LogP contribution in [0.1, 0.15) is 26.2 Å². The van der Waals surface area contributed by atoms with Crippen LogP contribution < -0.4 is 16.0 Å². The molecule has 2 rings (SSSR count). The number of nitro groups is 1. The SMILES string of the molecule is CCCNc1ncnc(NC2CCC(=O)NC2)c1[N+](=O)[O-]. The van der Waals surface area contributed by atoms with Crippen molar-refractivity contribution in [1.82, 2.24) is 15.3 Å². The molecule has 1 fully saturated rings. The van der Waals surface area contributed by atoms with Crippen molar-refractivity contribution in [2.45, 2.75) is 32.2 Å². The fourth-order valence-electron chi connectivity index (χ4n) is 2.08. The van der Waals surface area contributed by atoms with Gasteiger partial charge < -0.3 is 16.0 Å². The number of carbonyl (C=O) groups excluding carboxylic acids is 1. The lowest BCUT2D eigenvalue weighted by Crippen LogP contribution is -2.42. The van der Waals surface area contributed by atoms with Crippen molar-refractivity contribution in [3.05, 3.63) is 16.4 Å². The van der Waals surface area contributed by atoms with Gasteiger partial charge in [0.25, 0.3) is 0 Å². The zero-order valence-corrected chi connectivity index (χ0v) is 11.8. The highest BCUT2D eigenvalue weighted by Gasteiger charge is 2.26. The van der Waals surface area contributed by atoms with Crippen LogP contribution >= 0.6 is 0 Å². The van der Waals surface area contributed by atoms with E-state index in [1.165, 1.54) is 6.33 Å². The van der Waals surface area contributed by atoms with Crippen molar-refractivity contribution in [2.75, 3.05) is 23.7 Å². The Bertz CT molecular complexity index is 526. The number of anilines is 2. The summed E-state index contributed by atoms with van der Waals surface area (Å²) in [5.74, 6) is 0.379. The van der Waals surface area contributed by atoms with Crippen molar-refractivity contribution in [2.24, 2.45) is 0 Å². The number of hydrogen-bond acceptors (Lipinski definition) is 7. The molecule has 3 N–H and O–H groups in total. The van der Waals surface area contributed by atoms with E-state index in [0.29, 0.717) is 25.9 Å². The van der Waals surface area contributed by atoms with Crippen molar-refractivity contribution < 1.29 is 9.72 Å². The summed E-state index contributed by atoms with van der Waals surface area (Å²) in [7, 11) is 0. The molecule has 21 heavy (non-hydrogen) atoms. The second-order valence-corrected chi connectivity index (χ2v) is 4.79. The Morgan fingerprint density at radius 2 is 2.24 bits per heavy atom. The third-order valence-corrected chi connectivity index (χ3v) is 3.15. The molecular weight excluding hydrogens is 276 g/mol. The van der Waals surface area contributed by atoms with Gasteiger partial charge in [-0.2, -0.15) is 0 Å². The average Bonchev–Trinajstić information content (AvgIpc) is 2.47. The minimum absolute atomic E-state index is 0.00413. The molecule has 2 heterocycles. The van der Waals surface area contributed by atoms with E-state index >= 15 is 0 Å². The number of hydrogen-bond donors (Lipinski definition) is 3. The first kappa shape index (κ1) is 14.9. The molecular formula is C12H18N6O3. The lowest BCUT2D eigenvalue weighted by molar-refractivity contribution is -0.383. The molecule has 0 saturated carbocycles.